The Morgan fingerprint density at radius 3 is 2.61 bits per heavy atom. The molecular weight excluding hydrogens is 244 g/mol. The minimum Gasteiger partial charge on any atom is -0.341 e. The van der Waals surface area contributed by atoms with Crippen molar-refractivity contribution in [3.8, 4) is 0 Å². The highest BCUT2D eigenvalue weighted by Crippen LogP contribution is 2.19. The van der Waals surface area contributed by atoms with Crippen molar-refractivity contribution >= 4 is 17.2 Å². The molecule has 0 spiro atoms. The van der Waals surface area contributed by atoms with Gasteiger partial charge in [0.25, 0.3) is 0 Å². The van der Waals surface area contributed by atoms with Crippen LogP contribution >= 0.6 is 11.3 Å². The highest BCUT2D eigenvalue weighted by atomic mass is 32.1. The van der Waals surface area contributed by atoms with Crippen molar-refractivity contribution in [3.05, 3.63) is 22.4 Å². The molecule has 4 heteroatoms. The molecule has 102 valence electrons. The van der Waals surface area contributed by atoms with Crippen LogP contribution in [0.4, 0.5) is 0 Å². The van der Waals surface area contributed by atoms with Crippen molar-refractivity contribution in [2.75, 3.05) is 13.1 Å². The molecule has 1 aromatic rings. The average Bonchev–Trinajstić information content (AvgIpc) is 2.80. The first-order chi connectivity index (χ1) is 8.36. The largest absolute Gasteiger partial charge is 0.341 e. The van der Waals surface area contributed by atoms with Gasteiger partial charge < -0.3 is 10.6 Å². The molecule has 18 heavy (non-hydrogen) atoms. The van der Waals surface area contributed by atoms with Crippen LogP contribution in [-0.2, 0) is 11.2 Å². The summed E-state index contributed by atoms with van der Waals surface area (Å²) in [6.45, 7) is 9.48. The molecule has 0 unspecified atom stereocenters. The zero-order valence-corrected chi connectivity index (χ0v) is 12.6. The van der Waals surface area contributed by atoms with E-state index in [1.165, 1.54) is 4.88 Å². The lowest BCUT2D eigenvalue weighted by atomic mass is 9.86. The number of rotatable bonds is 5. The van der Waals surface area contributed by atoms with E-state index < -0.39 is 6.04 Å². The Labute approximate surface area is 114 Å². The second kappa shape index (κ2) is 6.34. The van der Waals surface area contributed by atoms with Gasteiger partial charge in [-0.05, 0) is 30.2 Å². The summed E-state index contributed by atoms with van der Waals surface area (Å²) in [6, 6.07) is 3.71. The zero-order valence-electron chi connectivity index (χ0n) is 11.8. The van der Waals surface area contributed by atoms with E-state index in [1.807, 2.05) is 38.7 Å². The molecule has 0 fully saturated rings. The van der Waals surface area contributed by atoms with Crippen molar-refractivity contribution in [1.82, 2.24) is 4.90 Å². The van der Waals surface area contributed by atoms with Crippen LogP contribution in [0.25, 0.3) is 0 Å². The maximum atomic E-state index is 12.3. The standard InChI is InChI=1S/C14H24N2OS/c1-5-16(9-8-11-7-6-10-18-11)13(17)12(15)14(2,3)4/h6-7,10,12H,5,8-9,15H2,1-4H3/t12-/m1/s1. The number of amides is 1. The van der Waals surface area contributed by atoms with Gasteiger partial charge in [-0.1, -0.05) is 26.8 Å². The second-order valence-electron chi connectivity index (χ2n) is 5.59. The lowest BCUT2D eigenvalue weighted by Gasteiger charge is -2.31. The summed E-state index contributed by atoms with van der Waals surface area (Å²) in [4.78, 5) is 15.5. The van der Waals surface area contributed by atoms with Crippen LogP contribution in [0.15, 0.2) is 17.5 Å². The minimum absolute atomic E-state index is 0.0570. The van der Waals surface area contributed by atoms with Gasteiger partial charge in [0, 0.05) is 18.0 Å². The summed E-state index contributed by atoms with van der Waals surface area (Å²) in [7, 11) is 0. The monoisotopic (exact) mass is 268 g/mol. The van der Waals surface area contributed by atoms with Crippen LogP contribution in [0.1, 0.15) is 32.6 Å². The fourth-order valence-corrected chi connectivity index (χ4v) is 2.39. The van der Waals surface area contributed by atoms with E-state index in [0.29, 0.717) is 6.54 Å². The topological polar surface area (TPSA) is 46.3 Å². The van der Waals surface area contributed by atoms with Crippen LogP contribution in [0.2, 0.25) is 0 Å². The van der Waals surface area contributed by atoms with Gasteiger partial charge in [0.1, 0.15) is 0 Å². The normalized spacial score (nSPS) is 13.4. The predicted molar refractivity (Wildman–Crippen MR) is 77.7 cm³/mol. The molecule has 0 aromatic carbocycles. The van der Waals surface area contributed by atoms with Crippen LogP contribution in [0.3, 0.4) is 0 Å². The SMILES string of the molecule is CCN(CCc1cccs1)C(=O)[C@@H](N)C(C)(C)C. The van der Waals surface area contributed by atoms with Gasteiger partial charge in [0.2, 0.25) is 5.91 Å². The van der Waals surface area contributed by atoms with Crippen molar-refractivity contribution in [2.45, 2.75) is 40.2 Å². The number of likely N-dealkylation sites (N-methyl/N-ethyl adjacent to an activating group) is 1. The molecule has 1 atom stereocenters. The number of thiophene rings is 1. The molecule has 0 saturated carbocycles. The highest BCUT2D eigenvalue weighted by Gasteiger charge is 2.30. The van der Waals surface area contributed by atoms with E-state index in [0.717, 1.165) is 13.0 Å². The zero-order chi connectivity index (χ0) is 13.8. The van der Waals surface area contributed by atoms with Crippen LogP contribution in [-0.4, -0.2) is 29.9 Å². The number of carbonyl (C=O) groups is 1. The molecule has 0 aliphatic heterocycles. The molecule has 0 bridgehead atoms. The summed E-state index contributed by atoms with van der Waals surface area (Å²) in [5.74, 6) is 0.0570. The average molecular weight is 268 g/mol. The van der Waals surface area contributed by atoms with E-state index in [1.54, 1.807) is 11.3 Å². The lowest BCUT2D eigenvalue weighted by molar-refractivity contribution is -0.134. The van der Waals surface area contributed by atoms with Crippen LogP contribution in [0.5, 0.6) is 0 Å². The molecule has 1 heterocycles. The molecule has 0 aliphatic rings. The summed E-state index contributed by atoms with van der Waals surface area (Å²) in [5.41, 5.74) is 5.84. The number of hydrogen-bond donors (Lipinski definition) is 1. The summed E-state index contributed by atoms with van der Waals surface area (Å²) in [5, 5.41) is 2.06. The van der Waals surface area contributed by atoms with Crippen molar-refractivity contribution in [2.24, 2.45) is 11.1 Å². The Balaban J connectivity index is 2.58. The maximum absolute atomic E-state index is 12.3. The Morgan fingerprint density at radius 1 is 1.50 bits per heavy atom. The first-order valence-electron chi connectivity index (χ1n) is 6.43. The molecule has 1 rings (SSSR count). The molecule has 0 aliphatic carbocycles. The van der Waals surface area contributed by atoms with Gasteiger partial charge >= 0.3 is 0 Å². The van der Waals surface area contributed by atoms with Crippen molar-refractivity contribution in [3.63, 3.8) is 0 Å². The number of carbonyl (C=O) groups excluding carboxylic acids is 1. The van der Waals surface area contributed by atoms with Crippen molar-refractivity contribution < 1.29 is 4.79 Å². The van der Waals surface area contributed by atoms with Gasteiger partial charge in [0.15, 0.2) is 0 Å². The highest BCUT2D eigenvalue weighted by molar-refractivity contribution is 7.09. The summed E-state index contributed by atoms with van der Waals surface area (Å²) < 4.78 is 0. The first kappa shape index (κ1) is 15.2. The van der Waals surface area contributed by atoms with E-state index in [-0.39, 0.29) is 11.3 Å². The molecule has 1 amide bonds. The number of nitrogens with two attached hydrogens (primary N) is 1. The fourth-order valence-electron chi connectivity index (χ4n) is 1.69. The summed E-state index contributed by atoms with van der Waals surface area (Å²) >= 11 is 1.73. The van der Waals surface area contributed by atoms with Gasteiger partial charge in [-0.3, -0.25) is 4.79 Å². The van der Waals surface area contributed by atoms with E-state index in [9.17, 15) is 4.79 Å². The molecule has 2 N–H and O–H groups in total. The maximum Gasteiger partial charge on any atom is 0.240 e. The quantitative estimate of drug-likeness (QED) is 0.892. The van der Waals surface area contributed by atoms with Gasteiger partial charge in [-0.15, -0.1) is 11.3 Å². The second-order valence-corrected chi connectivity index (χ2v) is 6.62. The first-order valence-corrected chi connectivity index (χ1v) is 7.31. The Morgan fingerprint density at radius 2 is 2.17 bits per heavy atom. The van der Waals surface area contributed by atoms with Crippen molar-refractivity contribution in [1.29, 1.82) is 0 Å². The molecule has 0 saturated heterocycles. The van der Waals surface area contributed by atoms with E-state index in [2.05, 4.69) is 11.4 Å². The number of hydrogen-bond acceptors (Lipinski definition) is 3. The van der Waals surface area contributed by atoms with Crippen LogP contribution < -0.4 is 5.73 Å². The Kier molecular flexibility index (Phi) is 5.35. The van der Waals surface area contributed by atoms with E-state index >= 15 is 0 Å². The Bertz CT molecular complexity index is 368. The van der Waals surface area contributed by atoms with Crippen LogP contribution in [0, 0.1) is 5.41 Å². The third-order valence-corrected chi connectivity index (χ3v) is 4.04. The third kappa shape index (κ3) is 4.10. The van der Waals surface area contributed by atoms with Gasteiger partial charge in [0.05, 0.1) is 6.04 Å². The molecular formula is C14H24N2OS. The third-order valence-electron chi connectivity index (χ3n) is 3.10. The van der Waals surface area contributed by atoms with E-state index in [4.69, 9.17) is 5.73 Å². The summed E-state index contributed by atoms with van der Waals surface area (Å²) in [6.07, 6.45) is 0.911. The smallest absolute Gasteiger partial charge is 0.240 e. The Hall–Kier alpha value is -0.870. The minimum atomic E-state index is -0.430. The molecule has 1 aromatic heterocycles. The fraction of sp³-hybridized carbons (Fsp3) is 0.643. The molecule has 0 radical (unpaired) electrons. The number of nitrogens with zero attached hydrogens (tertiary/aromatic N) is 1. The van der Waals surface area contributed by atoms with Gasteiger partial charge in [-0.2, -0.15) is 0 Å². The molecule has 3 nitrogen and oxygen atoms in total. The predicted octanol–water partition coefficient (Wildman–Crippen LogP) is 2.51. The lowest BCUT2D eigenvalue weighted by Crippen LogP contribution is -2.50. The van der Waals surface area contributed by atoms with Gasteiger partial charge in [-0.25, -0.2) is 0 Å².